The van der Waals surface area contributed by atoms with Crippen molar-refractivity contribution in [2.24, 2.45) is 9.98 Å². The Kier molecular flexibility index (Phi) is 6.41. The van der Waals surface area contributed by atoms with Crippen molar-refractivity contribution < 1.29 is 4.39 Å². The van der Waals surface area contributed by atoms with Crippen molar-refractivity contribution in [1.82, 2.24) is 10.6 Å². The molecule has 8 heteroatoms. The van der Waals surface area contributed by atoms with Crippen LogP contribution in [-0.4, -0.2) is 57.8 Å². The number of nitrogens with one attached hydrogen (secondary N) is 3. The van der Waals surface area contributed by atoms with Crippen LogP contribution < -0.4 is 21.4 Å². The molecule has 116 valence electrons. The van der Waals surface area contributed by atoms with Crippen molar-refractivity contribution in [1.29, 1.82) is 0 Å². The van der Waals surface area contributed by atoms with E-state index in [0.29, 0.717) is 18.2 Å². The maximum atomic E-state index is 13.2. The van der Waals surface area contributed by atoms with Gasteiger partial charge in [-0.3, -0.25) is 20.6 Å². The molecule has 22 heavy (non-hydrogen) atoms. The zero-order valence-corrected chi connectivity index (χ0v) is 13.5. The molecule has 2 rings (SSSR count). The van der Waals surface area contributed by atoms with Crippen molar-refractivity contribution in [2.45, 2.75) is 6.17 Å². The maximum Gasteiger partial charge on any atom is 0.149 e. The second-order valence-electron chi connectivity index (χ2n) is 4.72. The number of anilines is 1. The lowest BCUT2D eigenvalue weighted by molar-refractivity contribution is 0.574. The van der Waals surface area contributed by atoms with Crippen LogP contribution in [0.4, 0.5) is 10.1 Å². The average Bonchev–Trinajstić information content (AvgIpc) is 2.97. The summed E-state index contributed by atoms with van der Waals surface area (Å²) in [5, 5.41) is 9.79. The number of rotatable bonds is 6. The highest BCUT2D eigenvalue weighted by Crippen LogP contribution is 2.08. The van der Waals surface area contributed by atoms with Crippen molar-refractivity contribution >= 4 is 42.3 Å². The Hall–Kier alpha value is -1.38. The van der Waals surface area contributed by atoms with Crippen LogP contribution >= 0.6 is 11.8 Å². The van der Waals surface area contributed by atoms with Crippen LogP contribution in [-0.2, 0) is 0 Å². The number of aliphatic imine (C=N–C) groups is 2. The fraction of sp³-hybridized carbons (Fsp3) is 0.429. The molecule has 5 nitrogen and oxygen atoms in total. The molecule has 0 bridgehead atoms. The first-order valence-corrected chi connectivity index (χ1v) is 8.34. The molecule has 2 radical (unpaired) electrons. The summed E-state index contributed by atoms with van der Waals surface area (Å²) in [5.41, 5.74) is 1.59. The van der Waals surface area contributed by atoms with Crippen LogP contribution in [0, 0.1) is 5.82 Å². The fourth-order valence-electron chi connectivity index (χ4n) is 2.09. The predicted molar refractivity (Wildman–Crippen MR) is 94.4 cm³/mol. The number of hydrogen-bond acceptors (Lipinski definition) is 5. The molecule has 1 atom stereocenters. The minimum absolute atomic E-state index is 0.0452. The molecule has 1 aromatic carbocycles. The highest BCUT2D eigenvalue weighted by Gasteiger charge is 2.24. The Labute approximate surface area is 135 Å². The first-order chi connectivity index (χ1) is 10.7. The van der Waals surface area contributed by atoms with Crippen LogP contribution in [0.2, 0.25) is 0 Å². The quantitative estimate of drug-likeness (QED) is 0.306. The molecule has 1 unspecified atom stereocenters. The largest absolute Gasteiger partial charge is 0.339 e. The molecule has 0 aromatic heterocycles. The van der Waals surface area contributed by atoms with E-state index in [9.17, 15) is 4.39 Å². The summed E-state index contributed by atoms with van der Waals surface area (Å²) in [7, 11) is 7.28. The van der Waals surface area contributed by atoms with Crippen molar-refractivity contribution in [3.05, 3.63) is 24.0 Å². The van der Waals surface area contributed by atoms with Gasteiger partial charge in [-0.15, -0.1) is 0 Å². The summed E-state index contributed by atoms with van der Waals surface area (Å²) in [5.74, 6) is 1.22. The number of amidine groups is 1. The molecule has 3 N–H and O–H groups in total. The molecule has 0 amide bonds. The molecular formula is C14H19BFN5S. The smallest absolute Gasteiger partial charge is 0.149 e. The van der Waals surface area contributed by atoms with Gasteiger partial charge in [-0.2, -0.15) is 11.8 Å². The first kappa shape index (κ1) is 17.0. The van der Waals surface area contributed by atoms with Gasteiger partial charge in [0.25, 0.3) is 0 Å². The maximum absolute atomic E-state index is 13.2. The molecule has 0 spiro atoms. The molecule has 0 aliphatic carbocycles. The summed E-state index contributed by atoms with van der Waals surface area (Å²) in [6.07, 6.45) is 2.02. The predicted octanol–water partition coefficient (Wildman–Crippen LogP) is 0.340. The number of halogens is 1. The van der Waals surface area contributed by atoms with E-state index in [1.54, 1.807) is 30.9 Å². The topological polar surface area (TPSA) is 60.8 Å². The monoisotopic (exact) mass is 319 g/mol. The third-order valence-electron chi connectivity index (χ3n) is 3.20. The van der Waals surface area contributed by atoms with E-state index in [4.69, 9.17) is 7.85 Å². The van der Waals surface area contributed by atoms with Gasteiger partial charge in [-0.25, -0.2) is 4.39 Å². The molecule has 1 aliphatic heterocycles. The van der Waals surface area contributed by atoms with Crippen LogP contribution in [0.15, 0.2) is 28.2 Å². The van der Waals surface area contributed by atoms with Gasteiger partial charge < -0.3 is 5.32 Å². The van der Waals surface area contributed by atoms with Crippen LogP contribution in [0.5, 0.6) is 0 Å². The van der Waals surface area contributed by atoms with E-state index in [1.807, 2.05) is 0 Å². The lowest BCUT2D eigenvalue weighted by atomic mass is 9.95. The molecule has 1 heterocycles. The summed E-state index contributed by atoms with van der Waals surface area (Å²) < 4.78 is 13.2. The zero-order valence-electron chi connectivity index (χ0n) is 12.7. The van der Waals surface area contributed by atoms with Crippen molar-refractivity contribution in [3.8, 4) is 0 Å². The van der Waals surface area contributed by atoms with Crippen LogP contribution in [0.25, 0.3) is 0 Å². The summed E-state index contributed by atoms with van der Waals surface area (Å²) in [4.78, 5) is 8.69. The number of nitrogens with zero attached hydrogens (tertiary/aromatic N) is 2. The first-order valence-electron chi connectivity index (χ1n) is 6.95. The lowest BCUT2D eigenvalue weighted by Crippen LogP contribution is -2.48. The van der Waals surface area contributed by atoms with Gasteiger partial charge in [0, 0.05) is 25.0 Å². The van der Waals surface area contributed by atoms with Gasteiger partial charge in [0.15, 0.2) is 0 Å². The number of benzene rings is 1. The SMILES string of the molecule is [B]c1cc(NC(=NC)C2=NCNC2NCCSC)ccc1F. The van der Waals surface area contributed by atoms with Crippen LogP contribution in [0.3, 0.4) is 0 Å². The van der Waals surface area contributed by atoms with E-state index >= 15 is 0 Å². The molecule has 0 fully saturated rings. The molecule has 0 saturated carbocycles. The van der Waals surface area contributed by atoms with Gasteiger partial charge in [0.1, 0.15) is 31.4 Å². The Morgan fingerprint density at radius 3 is 3.09 bits per heavy atom. The van der Waals surface area contributed by atoms with E-state index in [0.717, 1.165) is 18.0 Å². The van der Waals surface area contributed by atoms with E-state index in [-0.39, 0.29) is 11.6 Å². The summed E-state index contributed by atoms with van der Waals surface area (Å²) in [6.45, 7) is 1.41. The van der Waals surface area contributed by atoms with Gasteiger partial charge >= 0.3 is 0 Å². The fourth-order valence-corrected chi connectivity index (χ4v) is 2.41. The molecule has 1 aliphatic rings. The van der Waals surface area contributed by atoms with Gasteiger partial charge in [-0.05, 0) is 24.5 Å². The summed E-state index contributed by atoms with van der Waals surface area (Å²) >= 11 is 1.78. The Balaban J connectivity index is 2.05. The van der Waals surface area contributed by atoms with Gasteiger partial charge in [0.05, 0.1) is 6.67 Å². The standard InChI is InChI=1S/C14H19BFN5S/c1-17-13(21-9-3-4-11(16)10(15)7-9)12-14(20-8-19-12)18-5-6-22-2/h3-4,7,14,18,20H,5-6,8H2,1-2H3,(H,17,21). The second-order valence-corrected chi connectivity index (χ2v) is 5.70. The highest BCUT2D eigenvalue weighted by atomic mass is 32.2. The third-order valence-corrected chi connectivity index (χ3v) is 3.81. The van der Waals surface area contributed by atoms with Crippen LogP contribution in [0.1, 0.15) is 0 Å². The van der Waals surface area contributed by atoms with Gasteiger partial charge in [-0.1, -0.05) is 5.46 Å². The zero-order chi connectivity index (χ0) is 15.9. The van der Waals surface area contributed by atoms with Gasteiger partial charge in [0.2, 0.25) is 0 Å². The third kappa shape index (κ3) is 4.31. The Morgan fingerprint density at radius 2 is 2.41 bits per heavy atom. The van der Waals surface area contributed by atoms with E-state index in [2.05, 4.69) is 32.2 Å². The normalized spacial score (nSPS) is 18.4. The molecular weight excluding hydrogens is 300 g/mol. The minimum Gasteiger partial charge on any atom is -0.339 e. The number of thioether (sulfide) groups is 1. The summed E-state index contributed by atoms with van der Waals surface area (Å²) in [6, 6.07) is 4.49. The number of hydrogen-bond donors (Lipinski definition) is 3. The lowest BCUT2D eigenvalue weighted by Gasteiger charge is -2.18. The van der Waals surface area contributed by atoms with E-state index < -0.39 is 5.82 Å². The highest BCUT2D eigenvalue weighted by molar-refractivity contribution is 7.98. The Morgan fingerprint density at radius 1 is 1.59 bits per heavy atom. The molecule has 0 saturated heterocycles. The van der Waals surface area contributed by atoms with Crippen molar-refractivity contribution in [2.75, 3.05) is 37.6 Å². The van der Waals surface area contributed by atoms with E-state index in [1.165, 1.54) is 6.07 Å². The minimum atomic E-state index is -0.433. The second kappa shape index (κ2) is 8.31. The Bertz CT molecular complexity index is 578. The molecule has 1 aromatic rings. The van der Waals surface area contributed by atoms with Crippen molar-refractivity contribution in [3.63, 3.8) is 0 Å². The average molecular weight is 319 g/mol.